The zero-order valence-electron chi connectivity index (χ0n) is 15.8. The normalized spacial score (nSPS) is 17.0. The van der Waals surface area contributed by atoms with Crippen molar-refractivity contribution in [1.29, 1.82) is 0 Å². The SMILES string of the molecule is Cc1cccc(C2c3[nH]c4ccccc4c3CCN2Cc2ccc(F)cc2)n1. The van der Waals surface area contributed by atoms with Crippen LogP contribution in [-0.4, -0.2) is 21.4 Å². The Balaban J connectivity index is 1.61. The number of benzene rings is 2. The highest BCUT2D eigenvalue weighted by molar-refractivity contribution is 5.85. The van der Waals surface area contributed by atoms with Gasteiger partial charge in [0.05, 0.1) is 11.7 Å². The number of H-pyrrole nitrogens is 1. The van der Waals surface area contributed by atoms with Crippen LogP contribution in [0.3, 0.4) is 0 Å². The van der Waals surface area contributed by atoms with E-state index in [9.17, 15) is 4.39 Å². The second kappa shape index (κ2) is 6.88. The van der Waals surface area contributed by atoms with Crippen molar-refractivity contribution in [3.63, 3.8) is 0 Å². The number of aryl methyl sites for hydroxylation is 1. The first-order valence-electron chi connectivity index (χ1n) is 9.70. The lowest BCUT2D eigenvalue weighted by molar-refractivity contribution is 0.198. The highest BCUT2D eigenvalue weighted by Gasteiger charge is 2.32. The van der Waals surface area contributed by atoms with Crippen molar-refractivity contribution >= 4 is 10.9 Å². The van der Waals surface area contributed by atoms with Gasteiger partial charge in [0.1, 0.15) is 5.82 Å². The number of aromatic amines is 1. The summed E-state index contributed by atoms with van der Waals surface area (Å²) in [6.45, 7) is 3.73. The van der Waals surface area contributed by atoms with Crippen molar-refractivity contribution in [2.24, 2.45) is 0 Å². The molecule has 1 N–H and O–H groups in total. The molecule has 0 saturated carbocycles. The fourth-order valence-corrected chi connectivity index (χ4v) is 4.34. The molecule has 0 amide bonds. The van der Waals surface area contributed by atoms with Crippen LogP contribution in [0.25, 0.3) is 10.9 Å². The summed E-state index contributed by atoms with van der Waals surface area (Å²) in [5.74, 6) is -0.197. The molecule has 0 saturated heterocycles. The molecule has 0 bridgehead atoms. The van der Waals surface area contributed by atoms with Crippen LogP contribution in [0, 0.1) is 12.7 Å². The minimum absolute atomic E-state index is 0.0566. The third kappa shape index (κ3) is 3.00. The van der Waals surface area contributed by atoms with Crippen molar-refractivity contribution in [3.05, 3.63) is 101 Å². The molecule has 0 radical (unpaired) electrons. The molecule has 2 aromatic heterocycles. The molecule has 3 heterocycles. The monoisotopic (exact) mass is 371 g/mol. The molecule has 0 aliphatic carbocycles. The number of para-hydroxylation sites is 1. The highest BCUT2D eigenvalue weighted by Crippen LogP contribution is 2.38. The van der Waals surface area contributed by atoms with Gasteiger partial charge in [-0.1, -0.05) is 36.4 Å². The molecule has 5 rings (SSSR count). The maximum absolute atomic E-state index is 13.3. The van der Waals surface area contributed by atoms with Crippen LogP contribution < -0.4 is 0 Å². The van der Waals surface area contributed by atoms with Gasteiger partial charge in [0.25, 0.3) is 0 Å². The van der Waals surface area contributed by atoms with Crippen LogP contribution in [0.1, 0.15) is 34.3 Å². The topological polar surface area (TPSA) is 31.9 Å². The number of hydrogen-bond acceptors (Lipinski definition) is 2. The molecule has 2 aromatic carbocycles. The molecule has 28 heavy (non-hydrogen) atoms. The summed E-state index contributed by atoms with van der Waals surface area (Å²) in [5.41, 5.74) is 6.97. The fraction of sp³-hybridized carbons (Fsp3) is 0.208. The standard InChI is InChI=1S/C24H22FN3/c1-16-5-4-8-22(26-16)24-23-20(19-6-2-3-7-21(19)27-23)13-14-28(24)15-17-9-11-18(25)12-10-17/h2-12,24,27H,13-15H2,1H3. The highest BCUT2D eigenvalue weighted by atomic mass is 19.1. The van der Waals surface area contributed by atoms with Gasteiger partial charge in [0.15, 0.2) is 0 Å². The van der Waals surface area contributed by atoms with Crippen molar-refractivity contribution in [1.82, 2.24) is 14.9 Å². The molecule has 4 aromatic rings. The predicted molar refractivity (Wildman–Crippen MR) is 110 cm³/mol. The second-order valence-electron chi connectivity index (χ2n) is 7.52. The molecule has 1 atom stereocenters. The van der Waals surface area contributed by atoms with Gasteiger partial charge in [0, 0.05) is 35.4 Å². The first-order chi connectivity index (χ1) is 13.7. The zero-order chi connectivity index (χ0) is 19.1. The second-order valence-corrected chi connectivity index (χ2v) is 7.52. The molecule has 3 nitrogen and oxygen atoms in total. The molecule has 140 valence electrons. The Kier molecular flexibility index (Phi) is 4.21. The van der Waals surface area contributed by atoms with E-state index in [1.54, 1.807) is 0 Å². The average molecular weight is 371 g/mol. The van der Waals surface area contributed by atoms with Gasteiger partial charge in [-0.25, -0.2) is 4.39 Å². The first kappa shape index (κ1) is 17.1. The smallest absolute Gasteiger partial charge is 0.123 e. The zero-order valence-corrected chi connectivity index (χ0v) is 15.8. The van der Waals surface area contributed by atoms with E-state index < -0.39 is 0 Å². The van der Waals surface area contributed by atoms with E-state index in [2.05, 4.69) is 46.3 Å². The van der Waals surface area contributed by atoms with E-state index in [1.165, 1.54) is 34.3 Å². The number of rotatable bonds is 3. The number of fused-ring (bicyclic) bond motifs is 3. The Labute approximate surface area is 163 Å². The predicted octanol–water partition coefficient (Wildman–Crippen LogP) is 5.16. The number of nitrogens with one attached hydrogen (secondary N) is 1. The largest absolute Gasteiger partial charge is 0.357 e. The number of pyridine rings is 1. The van der Waals surface area contributed by atoms with Gasteiger partial charge in [0.2, 0.25) is 0 Å². The van der Waals surface area contributed by atoms with Gasteiger partial charge in [-0.2, -0.15) is 0 Å². The van der Waals surface area contributed by atoms with E-state index in [4.69, 9.17) is 4.98 Å². The van der Waals surface area contributed by atoms with Crippen LogP contribution in [-0.2, 0) is 13.0 Å². The number of hydrogen-bond donors (Lipinski definition) is 1. The lowest BCUT2D eigenvalue weighted by atomic mass is 9.94. The van der Waals surface area contributed by atoms with Gasteiger partial charge >= 0.3 is 0 Å². The summed E-state index contributed by atoms with van der Waals surface area (Å²) >= 11 is 0. The Hall–Kier alpha value is -2.98. The minimum atomic E-state index is -0.197. The third-order valence-electron chi connectivity index (χ3n) is 5.62. The van der Waals surface area contributed by atoms with Crippen LogP contribution in [0.15, 0.2) is 66.7 Å². The summed E-state index contributed by atoms with van der Waals surface area (Å²) in [6.07, 6.45) is 0.989. The minimum Gasteiger partial charge on any atom is -0.357 e. The number of aromatic nitrogens is 2. The van der Waals surface area contributed by atoms with Gasteiger partial charge < -0.3 is 4.98 Å². The first-order valence-corrected chi connectivity index (χ1v) is 9.70. The molecular weight excluding hydrogens is 349 g/mol. The Morgan fingerprint density at radius 1 is 1.04 bits per heavy atom. The Bertz CT molecular complexity index is 1130. The molecular formula is C24H22FN3. The molecule has 1 aliphatic heterocycles. The van der Waals surface area contributed by atoms with Gasteiger partial charge in [-0.05, 0) is 54.8 Å². The van der Waals surface area contributed by atoms with E-state index >= 15 is 0 Å². The summed E-state index contributed by atoms with van der Waals surface area (Å²) in [5, 5.41) is 1.30. The summed E-state index contributed by atoms with van der Waals surface area (Å²) < 4.78 is 13.3. The van der Waals surface area contributed by atoms with Crippen molar-refractivity contribution in [3.8, 4) is 0 Å². The van der Waals surface area contributed by atoms with Gasteiger partial charge in [-0.15, -0.1) is 0 Å². The van der Waals surface area contributed by atoms with Crippen LogP contribution >= 0.6 is 0 Å². The van der Waals surface area contributed by atoms with E-state index in [0.717, 1.165) is 36.5 Å². The van der Waals surface area contributed by atoms with Crippen LogP contribution in [0.2, 0.25) is 0 Å². The Morgan fingerprint density at radius 3 is 2.68 bits per heavy atom. The summed E-state index contributed by atoms with van der Waals surface area (Å²) in [7, 11) is 0. The lowest BCUT2D eigenvalue weighted by Crippen LogP contribution is -2.36. The van der Waals surface area contributed by atoms with Crippen molar-refractivity contribution < 1.29 is 4.39 Å². The quantitative estimate of drug-likeness (QED) is 0.539. The molecule has 1 aliphatic rings. The maximum atomic E-state index is 13.3. The van der Waals surface area contributed by atoms with E-state index in [1.807, 2.05) is 25.1 Å². The van der Waals surface area contributed by atoms with E-state index in [-0.39, 0.29) is 11.9 Å². The maximum Gasteiger partial charge on any atom is 0.123 e. The Morgan fingerprint density at radius 2 is 1.86 bits per heavy atom. The van der Waals surface area contributed by atoms with Crippen molar-refractivity contribution in [2.45, 2.75) is 25.9 Å². The van der Waals surface area contributed by atoms with E-state index in [0.29, 0.717) is 0 Å². The summed E-state index contributed by atoms with van der Waals surface area (Å²) in [6, 6.07) is 21.6. The number of halogens is 1. The van der Waals surface area contributed by atoms with Crippen molar-refractivity contribution in [2.75, 3.05) is 6.54 Å². The average Bonchev–Trinajstić information content (AvgIpc) is 3.08. The lowest BCUT2D eigenvalue weighted by Gasteiger charge is -2.35. The third-order valence-corrected chi connectivity index (χ3v) is 5.62. The van der Waals surface area contributed by atoms with Crippen LogP contribution in [0.4, 0.5) is 4.39 Å². The number of nitrogens with zero attached hydrogens (tertiary/aromatic N) is 2. The van der Waals surface area contributed by atoms with Crippen LogP contribution in [0.5, 0.6) is 0 Å². The fourth-order valence-electron chi connectivity index (χ4n) is 4.34. The summed E-state index contributed by atoms with van der Waals surface area (Å²) in [4.78, 5) is 11.0. The molecule has 0 fully saturated rings. The van der Waals surface area contributed by atoms with Gasteiger partial charge in [-0.3, -0.25) is 9.88 Å². The molecule has 1 unspecified atom stereocenters. The molecule has 0 spiro atoms. The molecule has 4 heteroatoms.